The third-order valence-corrected chi connectivity index (χ3v) is 3.28. The first kappa shape index (κ1) is 12.6. The number of hydrogen-bond donors (Lipinski definition) is 1. The maximum atomic E-state index is 6.01. The molecule has 1 heterocycles. The van der Waals surface area contributed by atoms with Gasteiger partial charge in [0.1, 0.15) is 0 Å². The number of aromatic amines is 1. The van der Waals surface area contributed by atoms with Crippen LogP contribution in [-0.4, -0.2) is 35.1 Å². The molecule has 0 saturated carbocycles. The van der Waals surface area contributed by atoms with E-state index in [1.165, 1.54) is 0 Å². The lowest BCUT2D eigenvalue weighted by Crippen LogP contribution is -2.15. The van der Waals surface area contributed by atoms with Gasteiger partial charge in [0.2, 0.25) is 0 Å². The highest BCUT2D eigenvalue weighted by molar-refractivity contribution is 7.71. The van der Waals surface area contributed by atoms with Crippen LogP contribution in [0.15, 0.2) is 18.2 Å². The summed E-state index contributed by atoms with van der Waals surface area (Å²) in [6.45, 7) is 1.96. The molecule has 0 bridgehead atoms. The molecule has 5 heteroatoms. The normalized spacial score (nSPS) is 11.5. The molecule has 2 aromatic rings. The van der Waals surface area contributed by atoms with Gasteiger partial charge in [-0.1, -0.05) is 11.6 Å². The van der Waals surface area contributed by atoms with Gasteiger partial charge in [0.15, 0.2) is 4.77 Å². The zero-order valence-corrected chi connectivity index (χ0v) is 11.6. The molecule has 0 aliphatic carbocycles. The van der Waals surface area contributed by atoms with Crippen LogP contribution in [0.2, 0.25) is 5.02 Å². The summed E-state index contributed by atoms with van der Waals surface area (Å²) >= 11 is 11.3. The van der Waals surface area contributed by atoms with E-state index in [1.807, 2.05) is 18.2 Å². The van der Waals surface area contributed by atoms with Gasteiger partial charge in [-0.3, -0.25) is 0 Å². The third-order valence-electron chi connectivity index (χ3n) is 2.72. The molecule has 0 unspecified atom stereocenters. The molecule has 3 nitrogen and oxygen atoms in total. The molecule has 0 radical (unpaired) electrons. The Bertz CT molecular complexity index is 571. The number of nitrogens with one attached hydrogen (secondary N) is 1. The zero-order chi connectivity index (χ0) is 12.4. The molecule has 1 aromatic carbocycles. The highest BCUT2D eigenvalue weighted by Gasteiger charge is 2.04. The molecule has 0 atom stereocenters. The van der Waals surface area contributed by atoms with Crippen LogP contribution in [0.4, 0.5) is 0 Å². The number of aromatic nitrogens is 2. The van der Waals surface area contributed by atoms with Crippen molar-refractivity contribution in [1.82, 2.24) is 14.5 Å². The first-order valence-electron chi connectivity index (χ1n) is 5.61. The summed E-state index contributed by atoms with van der Waals surface area (Å²) in [6.07, 6.45) is 1.07. The quantitative estimate of drug-likeness (QED) is 0.861. The second-order valence-corrected chi connectivity index (χ2v) is 5.22. The van der Waals surface area contributed by atoms with E-state index in [-0.39, 0.29) is 0 Å². The number of H-pyrrole nitrogens is 1. The van der Waals surface area contributed by atoms with Crippen LogP contribution < -0.4 is 0 Å². The lowest BCUT2D eigenvalue weighted by Gasteiger charge is -2.10. The smallest absolute Gasteiger partial charge is 0.178 e. The van der Waals surface area contributed by atoms with E-state index in [0.29, 0.717) is 0 Å². The molecule has 92 valence electrons. The summed E-state index contributed by atoms with van der Waals surface area (Å²) in [5.41, 5.74) is 2.13. The number of rotatable bonds is 4. The Morgan fingerprint density at radius 2 is 2.18 bits per heavy atom. The van der Waals surface area contributed by atoms with Crippen molar-refractivity contribution in [2.45, 2.75) is 13.0 Å². The average Bonchev–Trinajstić information content (AvgIpc) is 2.55. The molecule has 17 heavy (non-hydrogen) atoms. The van der Waals surface area contributed by atoms with E-state index in [9.17, 15) is 0 Å². The molecule has 0 saturated heterocycles. The maximum Gasteiger partial charge on any atom is 0.178 e. The Morgan fingerprint density at radius 1 is 1.41 bits per heavy atom. The van der Waals surface area contributed by atoms with Gasteiger partial charge in [-0.25, -0.2) is 0 Å². The van der Waals surface area contributed by atoms with Crippen molar-refractivity contribution in [3.05, 3.63) is 28.0 Å². The number of halogens is 1. The fourth-order valence-electron chi connectivity index (χ4n) is 1.89. The van der Waals surface area contributed by atoms with Gasteiger partial charge in [0.05, 0.1) is 11.0 Å². The fourth-order valence-corrected chi connectivity index (χ4v) is 2.36. The molecule has 0 fully saturated rings. The van der Waals surface area contributed by atoms with E-state index in [1.54, 1.807) is 0 Å². The third kappa shape index (κ3) is 2.89. The van der Waals surface area contributed by atoms with Crippen LogP contribution in [0.1, 0.15) is 6.42 Å². The number of benzene rings is 1. The lowest BCUT2D eigenvalue weighted by atomic mass is 10.3. The van der Waals surface area contributed by atoms with Crippen molar-refractivity contribution in [2.24, 2.45) is 0 Å². The van der Waals surface area contributed by atoms with Crippen molar-refractivity contribution in [2.75, 3.05) is 20.6 Å². The van der Waals surface area contributed by atoms with Gasteiger partial charge in [0, 0.05) is 11.6 Å². The molecular formula is C12H16ClN3S. The molecule has 0 spiro atoms. The first-order chi connectivity index (χ1) is 8.08. The average molecular weight is 270 g/mol. The molecule has 0 amide bonds. The minimum Gasteiger partial charge on any atom is -0.331 e. The first-order valence-corrected chi connectivity index (χ1v) is 6.39. The standard InChI is InChI=1S/C12H16ClN3S/c1-15(2)6-3-7-16-11-8-9(13)4-5-10(11)14-12(16)17/h4-5,8H,3,6-7H2,1-2H3,(H,14,17). The van der Waals surface area contributed by atoms with Crippen LogP contribution >= 0.6 is 23.8 Å². The van der Waals surface area contributed by atoms with E-state index in [0.717, 1.165) is 40.3 Å². The van der Waals surface area contributed by atoms with Gasteiger partial charge in [0.25, 0.3) is 0 Å². The van der Waals surface area contributed by atoms with Gasteiger partial charge in [-0.05, 0) is 57.5 Å². The minimum atomic E-state index is 0.743. The number of nitrogens with zero attached hydrogens (tertiary/aromatic N) is 2. The molecule has 0 aliphatic heterocycles. The van der Waals surface area contributed by atoms with Crippen LogP contribution in [0.25, 0.3) is 11.0 Å². The molecule has 0 aliphatic rings. The zero-order valence-electron chi connectivity index (χ0n) is 10.0. The van der Waals surface area contributed by atoms with Crippen LogP contribution in [0.3, 0.4) is 0 Å². The summed E-state index contributed by atoms with van der Waals surface area (Å²) < 4.78 is 2.88. The maximum absolute atomic E-state index is 6.01. The van der Waals surface area contributed by atoms with Crippen molar-refractivity contribution in [3.63, 3.8) is 0 Å². The van der Waals surface area contributed by atoms with Gasteiger partial charge in [-0.15, -0.1) is 0 Å². The van der Waals surface area contributed by atoms with Gasteiger partial charge < -0.3 is 14.5 Å². The summed E-state index contributed by atoms with van der Waals surface area (Å²) in [5.74, 6) is 0. The minimum absolute atomic E-state index is 0.743. The highest BCUT2D eigenvalue weighted by Crippen LogP contribution is 2.19. The van der Waals surface area contributed by atoms with E-state index >= 15 is 0 Å². The summed E-state index contributed by atoms with van der Waals surface area (Å²) in [5, 5.41) is 0.743. The summed E-state index contributed by atoms with van der Waals surface area (Å²) in [6, 6.07) is 5.80. The monoisotopic (exact) mass is 269 g/mol. The largest absolute Gasteiger partial charge is 0.331 e. The second-order valence-electron chi connectivity index (χ2n) is 4.40. The van der Waals surface area contributed by atoms with Gasteiger partial charge >= 0.3 is 0 Å². The van der Waals surface area contributed by atoms with Crippen molar-refractivity contribution in [1.29, 1.82) is 0 Å². The second kappa shape index (κ2) is 5.21. The Kier molecular flexibility index (Phi) is 3.86. The van der Waals surface area contributed by atoms with E-state index in [4.69, 9.17) is 23.8 Å². The number of aryl methyl sites for hydroxylation is 1. The topological polar surface area (TPSA) is 24.0 Å². The van der Waals surface area contributed by atoms with Gasteiger partial charge in [-0.2, -0.15) is 0 Å². The number of fused-ring (bicyclic) bond motifs is 1. The summed E-state index contributed by atoms with van der Waals surface area (Å²) in [7, 11) is 4.15. The lowest BCUT2D eigenvalue weighted by molar-refractivity contribution is 0.387. The molecule has 1 N–H and O–H groups in total. The number of imidazole rings is 1. The Labute approximate surface area is 111 Å². The van der Waals surface area contributed by atoms with Crippen LogP contribution in [0, 0.1) is 4.77 Å². The van der Waals surface area contributed by atoms with E-state index in [2.05, 4.69) is 28.5 Å². The van der Waals surface area contributed by atoms with Crippen molar-refractivity contribution >= 4 is 34.9 Å². The molecular weight excluding hydrogens is 254 g/mol. The van der Waals surface area contributed by atoms with Crippen LogP contribution in [-0.2, 0) is 6.54 Å². The predicted octanol–water partition coefficient (Wildman–Crippen LogP) is 3.30. The number of hydrogen-bond acceptors (Lipinski definition) is 2. The summed E-state index contributed by atoms with van der Waals surface area (Å²) in [4.78, 5) is 5.37. The molecule has 1 aromatic heterocycles. The van der Waals surface area contributed by atoms with E-state index < -0.39 is 0 Å². The predicted molar refractivity (Wildman–Crippen MR) is 75.3 cm³/mol. The Hall–Kier alpha value is -0.840. The fraction of sp³-hybridized carbons (Fsp3) is 0.417. The Morgan fingerprint density at radius 3 is 2.88 bits per heavy atom. The van der Waals surface area contributed by atoms with Crippen molar-refractivity contribution < 1.29 is 0 Å². The van der Waals surface area contributed by atoms with Crippen molar-refractivity contribution in [3.8, 4) is 0 Å². The SMILES string of the molecule is CN(C)CCCn1c(=S)[nH]c2ccc(Cl)cc21. The molecule has 2 rings (SSSR count). The van der Waals surface area contributed by atoms with Crippen LogP contribution in [0.5, 0.6) is 0 Å². The Balaban J connectivity index is 2.29. The highest BCUT2D eigenvalue weighted by atomic mass is 35.5.